The van der Waals surface area contributed by atoms with Crippen LogP contribution in [0.1, 0.15) is 24.5 Å². The van der Waals surface area contributed by atoms with Crippen LogP contribution in [0.15, 0.2) is 24.3 Å². The topological polar surface area (TPSA) is 52.3 Å². The lowest BCUT2D eigenvalue weighted by Gasteiger charge is -2.03. The Kier molecular flexibility index (Phi) is 8.46. The van der Waals surface area contributed by atoms with Gasteiger partial charge >= 0.3 is 5.97 Å². The van der Waals surface area contributed by atoms with Crippen molar-refractivity contribution in [3.05, 3.63) is 35.4 Å². The van der Waals surface area contributed by atoms with Crippen molar-refractivity contribution < 1.29 is 9.53 Å². The van der Waals surface area contributed by atoms with Crippen molar-refractivity contribution >= 4 is 18.4 Å². The van der Waals surface area contributed by atoms with Gasteiger partial charge < -0.3 is 10.5 Å². The minimum absolute atomic E-state index is 0. The van der Waals surface area contributed by atoms with Crippen LogP contribution >= 0.6 is 12.4 Å². The van der Waals surface area contributed by atoms with Crippen LogP contribution in [0.5, 0.6) is 0 Å². The normalized spacial score (nSPS) is 9.53. The molecule has 17 heavy (non-hydrogen) atoms. The first-order chi connectivity index (χ1) is 7.76. The van der Waals surface area contributed by atoms with Crippen LogP contribution in [-0.2, 0) is 22.4 Å². The maximum absolute atomic E-state index is 11.1. The molecule has 0 bridgehead atoms. The van der Waals surface area contributed by atoms with E-state index in [1.165, 1.54) is 5.56 Å². The highest BCUT2D eigenvalue weighted by atomic mass is 35.5. The SMILES string of the molecule is CCOC(=O)CCc1ccc(CCN)cc1.Cl. The number of ether oxygens (including phenoxy) is 1. The number of esters is 1. The van der Waals surface area contributed by atoms with E-state index >= 15 is 0 Å². The molecular formula is C13H20ClNO2. The quantitative estimate of drug-likeness (QED) is 0.794. The molecule has 96 valence electrons. The summed E-state index contributed by atoms with van der Waals surface area (Å²) in [5.41, 5.74) is 7.87. The molecule has 0 radical (unpaired) electrons. The summed E-state index contributed by atoms with van der Waals surface area (Å²) in [7, 11) is 0. The molecule has 0 aromatic heterocycles. The highest BCUT2D eigenvalue weighted by Crippen LogP contribution is 2.07. The minimum atomic E-state index is -0.131. The highest BCUT2D eigenvalue weighted by Gasteiger charge is 2.02. The lowest BCUT2D eigenvalue weighted by molar-refractivity contribution is -0.143. The van der Waals surface area contributed by atoms with E-state index in [4.69, 9.17) is 10.5 Å². The predicted molar refractivity (Wildman–Crippen MR) is 71.4 cm³/mol. The lowest BCUT2D eigenvalue weighted by atomic mass is 10.1. The molecule has 0 amide bonds. The molecule has 0 unspecified atom stereocenters. The number of nitrogens with two attached hydrogens (primary N) is 1. The smallest absolute Gasteiger partial charge is 0.306 e. The Morgan fingerprint density at radius 2 is 1.71 bits per heavy atom. The molecule has 0 aliphatic rings. The molecule has 0 aliphatic carbocycles. The molecule has 1 rings (SSSR count). The molecule has 0 saturated heterocycles. The van der Waals surface area contributed by atoms with E-state index in [0.717, 1.165) is 18.4 Å². The van der Waals surface area contributed by atoms with Crippen LogP contribution in [0.25, 0.3) is 0 Å². The first-order valence-corrected chi connectivity index (χ1v) is 5.69. The zero-order valence-electron chi connectivity index (χ0n) is 10.1. The van der Waals surface area contributed by atoms with Gasteiger partial charge in [-0.3, -0.25) is 4.79 Å². The average molecular weight is 258 g/mol. The van der Waals surface area contributed by atoms with E-state index in [1.807, 2.05) is 19.1 Å². The van der Waals surface area contributed by atoms with Gasteiger partial charge in [0, 0.05) is 6.42 Å². The number of aryl methyl sites for hydroxylation is 1. The zero-order chi connectivity index (χ0) is 11.8. The van der Waals surface area contributed by atoms with Crippen LogP contribution in [0.4, 0.5) is 0 Å². The van der Waals surface area contributed by atoms with Gasteiger partial charge in [-0.1, -0.05) is 24.3 Å². The van der Waals surface area contributed by atoms with Crippen molar-refractivity contribution in [1.82, 2.24) is 0 Å². The molecule has 2 N–H and O–H groups in total. The molecule has 0 fully saturated rings. The molecule has 0 aliphatic heterocycles. The van der Waals surface area contributed by atoms with Crippen molar-refractivity contribution in [3.8, 4) is 0 Å². The second-order valence-electron chi connectivity index (χ2n) is 3.66. The maximum Gasteiger partial charge on any atom is 0.306 e. The summed E-state index contributed by atoms with van der Waals surface area (Å²) in [6.07, 6.45) is 2.09. The van der Waals surface area contributed by atoms with E-state index < -0.39 is 0 Å². The third-order valence-electron chi connectivity index (χ3n) is 2.38. The Bertz CT molecular complexity index is 325. The van der Waals surface area contributed by atoms with Crippen LogP contribution < -0.4 is 5.73 Å². The van der Waals surface area contributed by atoms with Gasteiger partial charge in [0.15, 0.2) is 0 Å². The van der Waals surface area contributed by atoms with Crippen molar-refractivity contribution in [3.63, 3.8) is 0 Å². The van der Waals surface area contributed by atoms with E-state index in [2.05, 4.69) is 12.1 Å². The first kappa shape index (κ1) is 15.9. The number of carbonyl (C=O) groups excluding carboxylic acids is 1. The minimum Gasteiger partial charge on any atom is -0.466 e. The van der Waals surface area contributed by atoms with E-state index in [9.17, 15) is 4.79 Å². The van der Waals surface area contributed by atoms with E-state index in [0.29, 0.717) is 19.6 Å². The number of benzene rings is 1. The molecule has 4 heteroatoms. The fourth-order valence-corrected chi connectivity index (χ4v) is 1.52. The number of rotatable bonds is 6. The predicted octanol–water partition coefficient (Wildman–Crippen LogP) is 2.11. The average Bonchev–Trinajstić information content (AvgIpc) is 2.29. The summed E-state index contributed by atoms with van der Waals surface area (Å²) in [4.78, 5) is 11.1. The van der Waals surface area contributed by atoms with Crippen LogP contribution in [-0.4, -0.2) is 19.1 Å². The Labute approximate surface area is 109 Å². The van der Waals surface area contributed by atoms with Gasteiger partial charge in [-0.15, -0.1) is 12.4 Å². The highest BCUT2D eigenvalue weighted by molar-refractivity contribution is 5.85. The maximum atomic E-state index is 11.1. The van der Waals surface area contributed by atoms with Gasteiger partial charge in [0.1, 0.15) is 0 Å². The Morgan fingerprint density at radius 1 is 1.18 bits per heavy atom. The zero-order valence-corrected chi connectivity index (χ0v) is 11.0. The second kappa shape index (κ2) is 9.02. The Hall–Kier alpha value is -1.06. The third-order valence-corrected chi connectivity index (χ3v) is 2.38. The molecule has 3 nitrogen and oxygen atoms in total. The van der Waals surface area contributed by atoms with Crippen molar-refractivity contribution in [2.24, 2.45) is 5.73 Å². The molecule has 1 aromatic rings. The standard InChI is InChI=1S/C13H19NO2.ClH/c1-2-16-13(15)8-7-11-3-5-12(6-4-11)9-10-14;/h3-6H,2,7-10,14H2,1H3;1H. The number of halogens is 1. The molecule has 0 atom stereocenters. The summed E-state index contributed by atoms with van der Waals surface area (Å²) < 4.78 is 4.87. The second-order valence-corrected chi connectivity index (χ2v) is 3.66. The van der Waals surface area contributed by atoms with Crippen LogP contribution in [0, 0.1) is 0 Å². The molecule has 0 spiro atoms. The van der Waals surface area contributed by atoms with Gasteiger partial charge in [0.2, 0.25) is 0 Å². The third kappa shape index (κ3) is 6.29. The van der Waals surface area contributed by atoms with Crippen molar-refractivity contribution in [2.45, 2.75) is 26.2 Å². The van der Waals surface area contributed by atoms with Gasteiger partial charge in [-0.25, -0.2) is 0 Å². The summed E-state index contributed by atoms with van der Waals surface area (Å²) in [6, 6.07) is 8.22. The summed E-state index contributed by atoms with van der Waals surface area (Å²) in [6.45, 7) is 2.94. The Balaban J connectivity index is 0.00000256. The number of carbonyl (C=O) groups is 1. The van der Waals surface area contributed by atoms with E-state index in [-0.39, 0.29) is 18.4 Å². The van der Waals surface area contributed by atoms with E-state index in [1.54, 1.807) is 0 Å². The largest absolute Gasteiger partial charge is 0.466 e. The Morgan fingerprint density at radius 3 is 2.18 bits per heavy atom. The molecule has 1 aromatic carbocycles. The molecular weight excluding hydrogens is 238 g/mol. The first-order valence-electron chi connectivity index (χ1n) is 5.69. The van der Waals surface area contributed by atoms with Crippen LogP contribution in [0.2, 0.25) is 0 Å². The summed E-state index contributed by atoms with van der Waals surface area (Å²) >= 11 is 0. The molecule has 0 heterocycles. The summed E-state index contributed by atoms with van der Waals surface area (Å²) in [5.74, 6) is -0.131. The van der Waals surface area contributed by atoms with Gasteiger partial charge in [0.25, 0.3) is 0 Å². The van der Waals surface area contributed by atoms with Gasteiger partial charge in [0.05, 0.1) is 6.61 Å². The van der Waals surface area contributed by atoms with Crippen molar-refractivity contribution in [1.29, 1.82) is 0 Å². The van der Waals surface area contributed by atoms with Gasteiger partial charge in [-0.2, -0.15) is 0 Å². The summed E-state index contributed by atoms with van der Waals surface area (Å²) in [5, 5.41) is 0. The number of hydrogen-bond donors (Lipinski definition) is 1. The fourth-order valence-electron chi connectivity index (χ4n) is 1.52. The molecule has 0 saturated carbocycles. The lowest BCUT2D eigenvalue weighted by Crippen LogP contribution is -2.05. The van der Waals surface area contributed by atoms with Crippen LogP contribution in [0.3, 0.4) is 0 Å². The van der Waals surface area contributed by atoms with Crippen molar-refractivity contribution in [2.75, 3.05) is 13.2 Å². The fraction of sp³-hybridized carbons (Fsp3) is 0.462. The van der Waals surface area contributed by atoms with Gasteiger partial charge in [-0.05, 0) is 37.4 Å². The monoisotopic (exact) mass is 257 g/mol. The number of hydrogen-bond acceptors (Lipinski definition) is 3.